The predicted octanol–water partition coefficient (Wildman–Crippen LogP) is 6.64. The van der Waals surface area contributed by atoms with Crippen LogP contribution >= 0.6 is 11.6 Å². The van der Waals surface area contributed by atoms with Crippen molar-refractivity contribution in [3.05, 3.63) is 94.6 Å². The van der Waals surface area contributed by atoms with Crippen molar-refractivity contribution in [3.63, 3.8) is 0 Å². The Labute approximate surface area is 237 Å². The van der Waals surface area contributed by atoms with Gasteiger partial charge < -0.3 is 19.5 Å². The molecular weight excluding hydrogens is 528 g/mol. The molecule has 0 unspecified atom stereocenters. The summed E-state index contributed by atoms with van der Waals surface area (Å²) in [7, 11) is 4.73. The number of fused-ring (bicyclic) bond motifs is 1. The van der Waals surface area contributed by atoms with Gasteiger partial charge >= 0.3 is 0 Å². The van der Waals surface area contributed by atoms with Gasteiger partial charge in [0, 0.05) is 28.3 Å². The minimum atomic E-state index is -0.306. The zero-order valence-electron chi connectivity index (χ0n) is 22.7. The number of anilines is 1. The summed E-state index contributed by atoms with van der Waals surface area (Å²) in [5, 5.41) is 9.28. The summed E-state index contributed by atoms with van der Waals surface area (Å²) < 4.78 is 17.8. The highest BCUT2D eigenvalue weighted by Gasteiger charge is 2.16. The number of nitrogens with zero attached hydrogens (tertiary/aromatic N) is 3. The highest BCUT2D eigenvalue weighted by Crippen LogP contribution is 2.32. The van der Waals surface area contributed by atoms with Crippen molar-refractivity contribution < 1.29 is 19.0 Å². The number of carbonyl (C=O) groups is 1. The second-order valence-electron chi connectivity index (χ2n) is 9.12. The second kappa shape index (κ2) is 11.7. The fourth-order valence-electron chi connectivity index (χ4n) is 4.48. The first-order valence-corrected chi connectivity index (χ1v) is 13.1. The normalized spacial score (nSPS) is 10.9. The van der Waals surface area contributed by atoms with Crippen molar-refractivity contribution in [1.82, 2.24) is 14.8 Å². The van der Waals surface area contributed by atoms with Gasteiger partial charge in [-0.2, -0.15) is 5.10 Å². The van der Waals surface area contributed by atoms with Gasteiger partial charge in [0.25, 0.3) is 5.91 Å². The third-order valence-electron chi connectivity index (χ3n) is 6.61. The van der Waals surface area contributed by atoms with Gasteiger partial charge in [0.1, 0.15) is 17.2 Å². The van der Waals surface area contributed by atoms with E-state index in [9.17, 15) is 4.79 Å². The Hall–Kier alpha value is -4.56. The fourth-order valence-corrected chi connectivity index (χ4v) is 4.70. The van der Waals surface area contributed by atoms with E-state index in [1.165, 1.54) is 14.2 Å². The van der Waals surface area contributed by atoms with Crippen molar-refractivity contribution in [1.29, 1.82) is 0 Å². The minimum absolute atomic E-state index is 0.306. The summed E-state index contributed by atoms with van der Waals surface area (Å²) in [6, 6.07) is 22.2. The molecule has 2 aromatic heterocycles. The first kappa shape index (κ1) is 27.0. The number of pyridine rings is 1. The Bertz CT molecular complexity index is 1660. The Balaban J connectivity index is 1.47. The molecule has 0 bridgehead atoms. The molecule has 0 radical (unpaired) electrons. The molecule has 1 N–H and O–H groups in total. The molecule has 2 heterocycles. The van der Waals surface area contributed by atoms with Crippen LogP contribution < -0.4 is 19.5 Å². The third kappa shape index (κ3) is 5.58. The van der Waals surface area contributed by atoms with Crippen molar-refractivity contribution in [2.24, 2.45) is 0 Å². The summed E-state index contributed by atoms with van der Waals surface area (Å²) in [5.74, 6) is 1.54. The van der Waals surface area contributed by atoms with Gasteiger partial charge in [-0.25, -0.2) is 9.67 Å². The Morgan fingerprint density at radius 3 is 2.23 bits per heavy atom. The average Bonchev–Trinajstić information content (AvgIpc) is 3.34. The Kier molecular flexibility index (Phi) is 7.89. The predicted molar refractivity (Wildman–Crippen MR) is 157 cm³/mol. The Morgan fingerprint density at radius 2 is 1.57 bits per heavy atom. The lowest BCUT2D eigenvalue weighted by Crippen LogP contribution is -2.12. The van der Waals surface area contributed by atoms with Crippen LogP contribution in [0.3, 0.4) is 0 Å². The van der Waals surface area contributed by atoms with Crippen LogP contribution in [0.25, 0.3) is 22.3 Å². The topological polar surface area (TPSA) is 87.5 Å². The second-order valence-corrected chi connectivity index (χ2v) is 9.53. The molecule has 40 heavy (non-hydrogen) atoms. The SMILES string of the molecule is CCc1nn(Cc2ccc(OC)cc2)c2nc(-c3cc(NC(=O)c4cc(OC)cc(OC)c4)ccc3Cl)ccc12. The molecule has 204 valence electrons. The van der Waals surface area contributed by atoms with Crippen LogP contribution in [0.4, 0.5) is 5.69 Å². The summed E-state index contributed by atoms with van der Waals surface area (Å²) in [5.41, 5.74) is 5.17. The maximum absolute atomic E-state index is 13.1. The number of carbonyl (C=O) groups excluding carboxylic acids is 1. The monoisotopic (exact) mass is 556 g/mol. The number of nitrogens with one attached hydrogen (secondary N) is 1. The number of halogens is 1. The summed E-state index contributed by atoms with van der Waals surface area (Å²) in [6.07, 6.45) is 0.782. The zero-order valence-corrected chi connectivity index (χ0v) is 23.5. The summed E-state index contributed by atoms with van der Waals surface area (Å²) in [4.78, 5) is 18.0. The van der Waals surface area contributed by atoms with E-state index in [0.717, 1.165) is 34.5 Å². The van der Waals surface area contributed by atoms with Gasteiger partial charge in [0.15, 0.2) is 5.65 Å². The number of amides is 1. The molecule has 5 aromatic rings. The lowest BCUT2D eigenvalue weighted by atomic mass is 10.1. The molecule has 9 heteroatoms. The average molecular weight is 557 g/mol. The molecule has 0 fully saturated rings. The maximum Gasteiger partial charge on any atom is 0.255 e. The van der Waals surface area contributed by atoms with Gasteiger partial charge in [0.05, 0.1) is 44.3 Å². The molecule has 3 aromatic carbocycles. The highest BCUT2D eigenvalue weighted by atomic mass is 35.5. The van der Waals surface area contributed by atoms with Crippen LogP contribution in [0.5, 0.6) is 17.2 Å². The van der Waals surface area contributed by atoms with Crippen molar-refractivity contribution in [2.45, 2.75) is 19.9 Å². The van der Waals surface area contributed by atoms with E-state index >= 15 is 0 Å². The lowest BCUT2D eigenvalue weighted by Gasteiger charge is -2.11. The van der Waals surface area contributed by atoms with Crippen LogP contribution in [0.1, 0.15) is 28.5 Å². The smallest absolute Gasteiger partial charge is 0.255 e. The molecule has 0 aliphatic heterocycles. The van der Waals surface area contributed by atoms with Crippen molar-refractivity contribution >= 4 is 34.2 Å². The number of ether oxygens (including phenoxy) is 3. The molecule has 0 spiro atoms. The molecule has 0 aliphatic carbocycles. The number of hydrogen-bond donors (Lipinski definition) is 1. The number of rotatable bonds is 9. The summed E-state index contributed by atoms with van der Waals surface area (Å²) in [6.45, 7) is 2.64. The van der Waals surface area contributed by atoms with Crippen LogP contribution in [0.2, 0.25) is 5.02 Å². The lowest BCUT2D eigenvalue weighted by molar-refractivity contribution is 0.102. The zero-order chi connectivity index (χ0) is 28.2. The number of aromatic nitrogens is 3. The van der Waals surface area contributed by atoms with E-state index < -0.39 is 0 Å². The van der Waals surface area contributed by atoms with E-state index in [1.54, 1.807) is 37.4 Å². The van der Waals surface area contributed by atoms with E-state index in [2.05, 4.69) is 12.2 Å². The molecule has 0 saturated heterocycles. The molecule has 1 amide bonds. The van der Waals surface area contributed by atoms with Crippen LogP contribution in [-0.4, -0.2) is 42.0 Å². The quantitative estimate of drug-likeness (QED) is 0.219. The molecule has 5 rings (SSSR count). The van der Waals surface area contributed by atoms with Crippen LogP contribution in [-0.2, 0) is 13.0 Å². The maximum atomic E-state index is 13.1. The summed E-state index contributed by atoms with van der Waals surface area (Å²) >= 11 is 6.63. The van der Waals surface area contributed by atoms with Gasteiger partial charge in [-0.15, -0.1) is 0 Å². The Morgan fingerprint density at radius 1 is 0.875 bits per heavy atom. The number of aryl methyl sites for hydroxylation is 1. The van der Waals surface area contributed by atoms with E-state index in [4.69, 9.17) is 35.9 Å². The first-order valence-electron chi connectivity index (χ1n) is 12.8. The minimum Gasteiger partial charge on any atom is -0.497 e. The van der Waals surface area contributed by atoms with Gasteiger partial charge in [-0.05, 0) is 66.6 Å². The first-order chi connectivity index (χ1) is 19.4. The molecule has 0 saturated carbocycles. The van der Waals surface area contributed by atoms with Crippen molar-refractivity contribution in [2.75, 3.05) is 26.6 Å². The van der Waals surface area contributed by atoms with E-state index in [1.807, 2.05) is 47.1 Å². The number of hydrogen-bond acceptors (Lipinski definition) is 6. The van der Waals surface area contributed by atoms with Gasteiger partial charge in [-0.3, -0.25) is 4.79 Å². The fraction of sp³-hybridized carbons (Fsp3) is 0.194. The molecular formula is C31H29ClN4O4. The number of methoxy groups -OCH3 is 3. The molecule has 0 aliphatic rings. The van der Waals surface area contributed by atoms with E-state index in [0.29, 0.717) is 45.6 Å². The van der Waals surface area contributed by atoms with Crippen LogP contribution in [0, 0.1) is 0 Å². The standard InChI is InChI=1S/C31H29ClN4O4/c1-5-28-25-11-13-29(34-30(25)36(35-28)18-19-6-9-22(38-2)10-7-19)26-16-21(8-12-27(26)32)33-31(37)20-14-23(39-3)17-24(15-20)40-4/h6-17H,5,18H2,1-4H3,(H,33,37). The van der Waals surface area contributed by atoms with Crippen LogP contribution in [0.15, 0.2) is 72.8 Å². The van der Waals surface area contributed by atoms with Gasteiger partial charge in [-0.1, -0.05) is 30.7 Å². The largest absolute Gasteiger partial charge is 0.497 e. The third-order valence-corrected chi connectivity index (χ3v) is 6.94. The van der Waals surface area contributed by atoms with Crippen molar-refractivity contribution in [3.8, 4) is 28.5 Å². The molecule has 0 atom stereocenters. The van der Waals surface area contributed by atoms with E-state index in [-0.39, 0.29) is 5.91 Å². The number of benzene rings is 3. The molecule has 8 nitrogen and oxygen atoms in total. The van der Waals surface area contributed by atoms with Gasteiger partial charge in [0.2, 0.25) is 0 Å². The highest BCUT2D eigenvalue weighted by molar-refractivity contribution is 6.33.